The summed E-state index contributed by atoms with van der Waals surface area (Å²) in [7, 11) is -2.24. The molecular weight excluding hydrogens is 368 g/mol. The van der Waals surface area contributed by atoms with Gasteiger partial charge < -0.3 is 10.1 Å². The van der Waals surface area contributed by atoms with Crippen LogP contribution >= 0.6 is 0 Å². The maximum absolute atomic E-state index is 12.8. The highest BCUT2D eigenvalue weighted by Gasteiger charge is 2.30. The lowest BCUT2D eigenvalue weighted by atomic mass is 10.1. The van der Waals surface area contributed by atoms with Crippen LogP contribution in [-0.2, 0) is 19.6 Å². The zero-order valence-electron chi connectivity index (χ0n) is 15.4. The van der Waals surface area contributed by atoms with Gasteiger partial charge >= 0.3 is 5.97 Å². The molecule has 2 aromatic carbocycles. The van der Waals surface area contributed by atoms with Crippen molar-refractivity contribution in [2.45, 2.75) is 13.0 Å². The molecule has 0 aliphatic rings. The van der Waals surface area contributed by atoms with Crippen LogP contribution < -0.4 is 5.32 Å². The maximum Gasteiger partial charge on any atom is 0.338 e. The van der Waals surface area contributed by atoms with E-state index in [1.54, 1.807) is 49.4 Å². The van der Waals surface area contributed by atoms with Gasteiger partial charge in [-0.05, 0) is 36.8 Å². The molecule has 1 amide bonds. The van der Waals surface area contributed by atoms with Gasteiger partial charge in [-0.2, -0.15) is 4.31 Å². The smallest absolute Gasteiger partial charge is 0.338 e. The molecule has 144 valence electrons. The van der Waals surface area contributed by atoms with Gasteiger partial charge in [0.05, 0.1) is 18.4 Å². The molecule has 1 atom stereocenters. The molecule has 0 aliphatic carbocycles. The molecule has 2 rings (SSSR count). The Balaban J connectivity index is 2.25. The van der Waals surface area contributed by atoms with E-state index in [0.717, 1.165) is 10.6 Å². The van der Waals surface area contributed by atoms with Gasteiger partial charge in [0.2, 0.25) is 15.9 Å². The summed E-state index contributed by atoms with van der Waals surface area (Å²) in [5, 5.41) is 2.69. The standard InChI is InChI=1S/C19H22N2O5S/c1-4-26-19(23)15-10-12-16(13-11-15)20-18(22)17(21(2)27(3,24)25)14-8-6-5-7-9-14/h5-13,17H,4H2,1-3H3,(H,20,22)/t17-/m0/s1. The molecule has 0 heterocycles. The highest BCUT2D eigenvalue weighted by molar-refractivity contribution is 7.88. The number of likely N-dealkylation sites (N-methyl/N-ethyl adjacent to an activating group) is 1. The fourth-order valence-corrected chi connectivity index (χ4v) is 3.07. The summed E-state index contributed by atoms with van der Waals surface area (Å²) in [6, 6.07) is 13.8. The number of carbonyl (C=O) groups is 2. The minimum Gasteiger partial charge on any atom is -0.462 e. The Hall–Kier alpha value is -2.71. The van der Waals surface area contributed by atoms with Crippen LogP contribution in [0.4, 0.5) is 5.69 Å². The van der Waals surface area contributed by atoms with E-state index >= 15 is 0 Å². The third-order valence-corrected chi connectivity index (χ3v) is 5.17. The molecule has 27 heavy (non-hydrogen) atoms. The number of benzene rings is 2. The second kappa shape index (κ2) is 8.79. The fraction of sp³-hybridized carbons (Fsp3) is 0.263. The molecule has 2 aromatic rings. The average Bonchev–Trinajstić information content (AvgIpc) is 2.63. The maximum atomic E-state index is 12.8. The lowest BCUT2D eigenvalue weighted by Crippen LogP contribution is -2.38. The van der Waals surface area contributed by atoms with Crippen LogP contribution in [0.2, 0.25) is 0 Å². The third-order valence-electron chi connectivity index (χ3n) is 3.91. The number of hydrogen-bond acceptors (Lipinski definition) is 5. The van der Waals surface area contributed by atoms with Gasteiger partial charge in [0.15, 0.2) is 0 Å². The summed E-state index contributed by atoms with van der Waals surface area (Å²) in [6.45, 7) is 1.99. The van der Waals surface area contributed by atoms with Crippen LogP contribution in [0.15, 0.2) is 54.6 Å². The number of sulfonamides is 1. The van der Waals surface area contributed by atoms with E-state index in [-0.39, 0.29) is 6.61 Å². The van der Waals surface area contributed by atoms with Crippen LogP contribution in [0.3, 0.4) is 0 Å². The van der Waals surface area contributed by atoms with E-state index in [0.29, 0.717) is 16.8 Å². The van der Waals surface area contributed by atoms with Crippen molar-refractivity contribution in [2.24, 2.45) is 0 Å². The minimum atomic E-state index is -3.60. The SMILES string of the molecule is CCOC(=O)c1ccc(NC(=O)[C@H](c2ccccc2)N(C)S(C)(=O)=O)cc1. The van der Waals surface area contributed by atoms with Crippen molar-refractivity contribution in [1.82, 2.24) is 4.31 Å². The van der Waals surface area contributed by atoms with Crippen molar-refractivity contribution in [3.63, 3.8) is 0 Å². The Morgan fingerprint density at radius 3 is 2.19 bits per heavy atom. The minimum absolute atomic E-state index is 0.272. The van der Waals surface area contributed by atoms with Crippen molar-refractivity contribution in [3.8, 4) is 0 Å². The largest absolute Gasteiger partial charge is 0.462 e. The molecule has 8 heteroatoms. The Kier molecular flexibility index (Phi) is 6.70. The number of carbonyl (C=O) groups excluding carboxylic acids is 2. The lowest BCUT2D eigenvalue weighted by Gasteiger charge is -2.25. The number of nitrogens with zero attached hydrogens (tertiary/aromatic N) is 1. The van der Waals surface area contributed by atoms with Gasteiger partial charge in [-0.1, -0.05) is 30.3 Å². The molecule has 0 spiro atoms. The number of amides is 1. The Bertz CT molecular complexity index is 895. The Morgan fingerprint density at radius 1 is 1.07 bits per heavy atom. The quantitative estimate of drug-likeness (QED) is 0.733. The third kappa shape index (κ3) is 5.38. The molecule has 0 aromatic heterocycles. The molecule has 0 fully saturated rings. The van der Waals surface area contributed by atoms with Crippen LogP contribution in [0.5, 0.6) is 0 Å². The molecule has 0 bridgehead atoms. The molecule has 7 nitrogen and oxygen atoms in total. The van der Waals surface area contributed by atoms with Crippen LogP contribution in [0.1, 0.15) is 28.9 Å². The molecule has 0 saturated carbocycles. The van der Waals surface area contributed by atoms with Crippen molar-refractivity contribution in [2.75, 3.05) is 25.2 Å². The Morgan fingerprint density at radius 2 is 1.67 bits per heavy atom. The highest BCUT2D eigenvalue weighted by atomic mass is 32.2. The van der Waals surface area contributed by atoms with E-state index in [9.17, 15) is 18.0 Å². The summed E-state index contributed by atoms with van der Waals surface area (Å²) in [6.07, 6.45) is 1.05. The van der Waals surface area contributed by atoms with Crippen molar-refractivity contribution >= 4 is 27.6 Å². The number of ether oxygens (including phenoxy) is 1. The average molecular weight is 390 g/mol. The number of esters is 1. The van der Waals surface area contributed by atoms with Gasteiger partial charge in [0.25, 0.3) is 0 Å². The predicted octanol–water partition coefficient (Wildman–Crippen LogP) is 2.43. The highest BCUT2D eigenvalue weighted by Crippen LogP contribution is 2.24. The monoisotopic (exact) mass is 390 g/mol. The van der Waals surface area contributed by atoms with Gasteiger partial charge in [0.1, 0.15) is 6.04 Å². The summed E-state index contributed by atoms with van der Waals surface area (Å²) < 4.78 is 29.9. The summed E-state index contributed by atoms with van der Waals surface area (Å²) in [4.78, 5) is 24.5. The van der Waals surface area contributed by atoms with Gasteiger partial charge in [-0.25, -0.2) is 13.2 Å². The van der Waals surface area contributed by atoms with Gasteiger partial charge in [-0.3, -0.25) is 4.79 Å². The van der Waals surface area contributed by atoms with E-state index < -0.39 is 27.9 Å². The molecule has 0 radical (unpaired) electrons. The number of nitrogens with one attached hydrogen (secondary N) is 1. The fourth-order valence-electron chi connectivity index (χ4n) is 2.47. The summed E-state index contributed by atoms with van der Waals surface area (Å²) >= 11 is 0. The first-order chi connectivity index (χ1) is 12.7. The lowest BCUT2D eigenvalue weighted by molar-refractivity contribution is -0.119. The zero-order chi connectivity index (χ0) is 20.0. The van der Waals surface area contributed by atoms with Crippen molar-refractivity contribution in [3.05, 3.63) is 65.7 Å². The van der Waals surface area contributed by atoms with Crippen LogP contribution in [-0.4, -0.2) is 44.5 Å². The van der Waals surface area contributed by atoms with E-state index in [2.05, 4.69) is 5.32 Å². The Labute approximate surface area is 159 Å². The first-order valence-electron chi connectivity index (χ1n) is 8.30. The van der Waals surface area contributed by atoms with Crippen LogP contribution in [0, 0.1) is 0 Å². The summed E-state index contributed by atoms with van der Waals surface area (Å²) in [5.74, 6) is -0.952. The molecule has 0 saturated heterocycles. The van der Waals surface area contributed by atoms with Gasteiger partial charge in [-0.15, -0.1) is 0 Å². The topological polar surface area (TPSA) is 92.8 Å². The zero-order valence-corrected chi connectivity index (χ0v) is 16.2. The predicted molar refractivity (Wildman–Crippen MR) is 103 cm³/mol. The first kappa shape index (κ1) is 20.6. The van der Waals surface area contributed by atoms with E-state index in [4.69, 9.17) is 4.74 Å². The number of anilines is 1. The number of rotatable bonds is 7. The molecule has 0 aliphatic heterocycles. The van der Waals surface area contributed by atoms with Crippen LogP contribution in [0.25, 0.3) is 0 Å². The van der Waals surface area contributed by atoms with Gasteiger partial charge in [0, 0.05) is 12.7 Å². The molecule has 0 unspecified atom stereocenters. The van der Waals surface area contributed by atoms with Crippen molar-refractivity contribution < 1.29 is 22.7 Å². The second-order valence-electron chi connectivity index (χ2n) is 5.88. The number of hydrogen-bond donors (Lipinski definition) is 1. The van der Waals surface area contributed by atoms with E-state index in [1.165, 1.54) is 19.2 Å². The first-order valence-corrected chi connectivity index (χ1v) is 10.1. The molecule has 1 N–H and O–H groups in total. The molecular formula is C19H22N2O5S. The second-order valence-corrected chi connectivity index (χ2v) is 7.92. The van der Waals surface area contributed by atoms with Crippen molar-refractivity contribution in [1.29, 1.82) is 0 Å². The normalized spacial score (nSPS) is 12.4. The van der Waals surface area contributed by atoms with E-state index in [1.807, 2.05) is 0 Å². The summed E-state index contributed by atoms with van der Waals surface area (Å²) in [5.41, 5.74) is 1.35.